The van der Waals surface area contributed by atoms with Gasteiger partial charge >= 0.3 is 0 Å². The van der Waals surface area contributed by atoms with Crippen molar-refractivity contribution in [3.8, 4) is 0 Å². The van der Waals surface area contributed by atoms with Crippen molar-refractivity contribution in [1.29, 1.82) is 0 Å². The van der Waals surface area contributed by atoms with Crippen LogP contribution in [0.15, 0.2) is 48.5 Å². The van der Waals surface area contributed by atoms with Crippen LogP contribution in [0, 0.1) is 0 Å². The maximum Gasteiger partial charge on any atom is 0.240 e. The van der Waals surface area contributed by atoms with Crippen LogP contribution in [0.5, 0.6) is 0 Å². The van der Waals surface area contributed by atoms with Crippen molar-refractivity contribution in [3.63, 3.8) is 0 Å². The zero-order chi connectivity index (χ0) is 17.9. The third kappa shape index (κ3) is 3.47. The smallest absolute Gasteiger partial charge is 0.240 e. The van der Waals surface area contributed by atoms with Gasteiger partial charge in [0.2, 0.25) is 5.91 Å². The van der Waals surface area contributed by atoms with Crippen LogP contribution in [0.4, 0.5) is 5.69 Å². The number of amides is 1. The predicted octanol–water partition coefficient (Wildman–Crippen LogP) is 2.61. The van der Waals surface area contributed by atoms with Gasteiger partial charge in [0.25, 0.3) is 0 Å². The monoisotopic (exact) mass is 349 g/mol. The molecule has 0 bridgehead atoms. The highest BCUT2D eigenvalue weighted by Gasteiger charge is 2.29. The number of aryl methyl sites for hydroxylation is 1. The molecule has 1 amide bonds. The van der Waals surface area contributed by atoms with Gasteiger partial charge in [0, 0.05) is 38.4 Å². The maximum absolute atomic E-state index is 12.9. The van der Waals surface area contributed by atoms with Gasteiger partial charge in [-0.1, -0.05) is 43.3 Å². The van der Waals surface area contributed by atoms with Crippen molar-refractivity contribution in [3.05, 3.63) is 65.2 Å². The summed E-state index contributed by atoms with van der Waals surface area (Å²) in [5, 5.41) is 3.42. The lowest BCUT2D eigenvalue weighted by molar-refractivity contribution is -0.134. The van der Waals surface area contributed by atoms with Crippen LogP contribution in [0.25, 0.3) is 0 Å². The number of fused-ring (bicyclic) bond motifs is 1. The summed E-state index contributed by atoms with van der Waals surface area (Å²) < 4.78 is 0. The largest absolute Gasteiger partial charge is 0.368 e. The Bertz CT molecular complexity index is 763. The van der Waals surface area contributed by atoms with E-state index in [1.165, 1.54) is 22.4 Å². The van der Waals surface area contributed by atoms with Gasteiger partial charge in [-0.3, -0.25) is 4.79 Å². The average molecular weight is 349 g/mol. The number of hydrogen-bond acceptors (Lipinski definition) is 3. The fourth-order valence-corrected chi connectivity index (χ4v) is 3.98. The number of nitrogens with zero attached hydrogens (tertiary/aromatic N) is 2. The molecular formula is C22H27N3O. The van der Waals surface area contributed by atoms with E-state index < -0.39 is 0 Å². The first-order chi connectivity index (χ1) is 12.7. The second kappa shape index (κ2) is 7.50. The van der Waals surface area contributed by atoms with Gasteiger partial charge in [-0.15, -0.1) is 0 Å². The Morgan fingerprint density at radius 3 is 2.38 bits per heavy atom. The topological polar surface area (TPSA) is 35.6 Å². The first-order valence-electron chi connectivity index (χ1n) is 9.67. The normalized spacial score (nSPS) is 20.0. The molecular weight excluding hydrogens is 322 g/mol. The molecule has 136 valence electrons. The van der Waals surface area contributed by atoms with E-state index >= 15 is 0 Å². The molecule has 0 radical (unpaired) electrons. The molecule has 0 aliphatic carbocycles. The van der Waals surface area contributed by atoms with Crippen molar-refractivity contribution >= 4 is 11.6 Å². The number of rotatable bonds is 3. The number of piperazine rings is 1. The van der Waals surface area contributed by atoms with Gasteiger partial charge in [0.1, 0.15) is 0 Å². The molecule has 2 heterocycles. The fraction of sp³-hybridized carbons (Fsp3) is 0.409. The van der Waals surface area contributed by atoms with Crippen molar-refractivity contribution in [2.24, 2.45) is 0 Å². The van der Waals surface area contributed by atoms with Crippen LogP contribution in [0.3, 0.4) is 0 Å². The molecule has 2 aromatic rings. The van der Waals surface area contributed by atoms with Crippen LogP contribution in [0.1, 0.15) is 23.6 Å². The zero-order valence-corrected chi connectivity index (χ0v) is 15.4. The van der Waals surface area contributed by atoms with Crippen molar-refractivity contribution < 1.29 is 4.79 Å². The van der Waals surface area contributed by atoms with E-state index in [9.17, 15) is 4.79 Å². The van der Waals surface area contributed by atoms with Crippen LogP contribution < -0.4 is 10.2 Å². The van der Waals surface area contributed by atoms with Crippen LogP contribution >= 0.6 is 0 Å². The number of carbonyl (C=O) groups is 1. The van der Waals surface area contributed by atoms with E-state index in [1.807, 2.05) is 4.90 Å². The molecule has 4 nitrogen and oxygen atoms in total. The van der Waals surface area contributed by atoms with Crippen molar-refractivity contribution in [1.82, 2.24) is 10.2 Å². The minimum Gasteiger partial charge on any atom is -0.368 e. The Morgan fingerprint density at radius 1 is 1.00 bits per heavy atom. The molecule has 1 N–H and O–H groups in total. The summed E-state index contributed by atoms with van der Waals surface area (Å²) >= 11 is 0. The molecule has 2 aliphatic heterocycles. The quantitative estimate of drug-likeness (QED) is 0.925. The second-order valence-corrected chi connectivity index (χ2v) is 7.24. The molecule has 4 heteroatoms. The van der Waals surface area contributed by atoms with Gasteiger partial charge in [-0.25, -0.2) is 0 Å². The van der Waals surface area contributed by atoms with E-state index in [1.54, 1.807) is 0 Å². The highest BCUT2D eigenvalue weighted by molar-refractivity contribution is 5.83. The summed E-state index contributed by atoms with van der Waals surface area (Å²) in [6.07, 6.45) is 1.87. The van der Waals surface area contributed by atoms with E-state index in [-0.39, 0.29) is 11.9 Å². The third-order valence-corrected chi connectivity index (χ3v) is 5.68. The summed E-state index contributed by atoms with van der Waals surface area (Å²) in [4.78, 5) is 17.3. The minimum atomic E-state index is -0.0831. The Hall–Kier alpha value is -2.33. The number of hydrogen-bond donors (Lipinski definition) is 1. The van der Waals surface area contributed by atoms with E-state index in [2.05, 4.69) is 65.7 Å². The lowest BCUT2D eigenvalue weighted by Gasteiger charge is -2.38. The van der Waals surface area contributed by atoms with Crippen LogP contribution in [0.2, 0.25) is 0 Å². The van der Waals surface area contributed by atoms with Crippen molar-refractivity contribution in [2.75, 3.05) is 31.1 Å². The first kappa shape index (κ1) is 17.1. The van der Waals surface area contributed by atoms with E-state index in [0.29, 0.717) is 0 Å². The van der Waals surface area contributed by atoms with E-state index in [0.717, 1.165) is 45.6 Å². The average Bonchev–Trinajstić information content (AvgIpc) is 2.73. The molecule has 1 atom stereocenters. The Labute approximate surface area is 155 Å². The van der Waals surface area contributed by atoms with Gasteiger partial charge in [0.05, 0.1) is 6.04 Å². The number of nitrogens with one attached hydrogen (secondary N) is 1. The molecule has 1 fully saturated rings. The Morgan fingerprint density at radius 2 is 1.69 bits per heavy atom. The van der Waals surface area contributed by atoms with Gasteiger partial charge in [-0.2, -0.15) is 0 Å². The van der Waals surface area contributed by atoms with Gasteiger partial charge < -0.3 is 15.1 Å². The Kier molecular flexibility index (Phi) is 4.93. The summed E-state index contributed by atoms with van der Waals surface area (Å²) in [6, 6.07) is 17.2. The molecule has 2 aromatic carbocycles. The highest BCUT2D eigenvalue weighted by atomic mass is 16.2. The standard InChI is InChI=1S/C22H27N3O/c1-2-17-7-9-20(10-8-17)24-11-13-25(14-12-24)22(26)21-15-18-5-3-4-6-19(18)16-23-21/h3-10,21,23H,2,11-16H2,1H3/t21-/m0/s1. The van der Waals surface area contributed by atoms with Crippen LogP contribution in [-0.4, -0.2) is 43.0 Å². The van der Waals surface area contributed by atoms with Crippen molar-refractivity contribution in [2.45, 2.75) is 32.4 Å². The number of carbonyl (C=O) groups excluding carboxylic acids is 1. The highest BCUT2D eigenvalue weighted by Crippen LogP contribution is 2.20. The van der Waals surface area contributed by atoms with Gasteiger partial charge in [-0.05, 0) is 41.7 Å². The molecule has 4 rings (SSSR count). The zero-order valence-electron chi connectivity index (χ0n) is 15.4. The minimum absolute atomic E-state index is 0.0831. The number of benzene rings is 2. The maximum atomic E-state index is 12.9. The number of anilines is 1. The molecule has 0 aromatic heterocycles. The summed E-state index contributed by atoms with van der Waals surface area (Å²) in [6.45, 7) is 6.37. The molecule has 0 unspecified atom stereocenters. The van der Waals surface area contributed by atoms with E-state index in [4.69, 9.17) is 0 Å². The fourth-order valence-electron chi connectivity index (χ4n) is 3.98. The molecule has 0 spiro atoms. The predicted molar refractivity (Wildman–Crippen MR) is 105 cm³/mol. The molecule has 1 saturated heterocycles. The first-order valence-corrected chi connectivity index (χ1v) is 9.67. The molecule has 0 saturated carbocycles. The summed E-state index contributed by atoms with van der Waals surface area (Å²) in [7, 11) is 0. The lowest BCUT2D eigenvalue weighted by atomic mass is 9.95. The summed E-state index contributed by atoms with van der Waals surface area (Å²) in [5.74, 6) is 0.250. The van der Waals surface area contributed by atoms with Gasteiger partial charge in [0.15, 0.2) is 0 Å². The van der Waals surface area contributed by atoms with Crippen LogP contribution in [-0.2, 0) is 24.2 Å². The molecule has 2 aliphatic rings. The lowest BCUT2D eigenvalue weighted by Crippen LogP contribution is -2.55. The second-order valence-electron chi connectivity index (χ2n) is 7.24. The third-order valence-electron chi connectivity index (χ3n) is 5.68. The Balaban J connectivity index is 1.35. The summed E-state index contributed by atoms with van der Waals surface area (Å²) in [5.41, 5.74) is 5.25. The SMILES string of the molecule is CCc1ccc(N2CCN(C(=O)[C@@H]3Cc4ccccc4CN3)CC2)cc1. The molecule has 26 heavy (non-hydrogen) atoms.